The Labute approximate surface area is 121 Å². The molecule has 0 fully saturated rings. The lowest BCUT2D eigenvalue weighted by atomic mass is 10.0. The van der Waals surface area contributed by atoms with Crippen LogP contribution in [0.1, 0.15) is 26.3 Å². The second kappa shape index (κ2) is 5.28. The normalized spacial score (nSPS) is 20.4. The lowest BCUT2D eigenvalue weighted by Gasteiger charge is -2.20. The van der Waals surface area contributed by atoms with Crippen LogP contribution in [-0.2, 0) is 9.59 Å². The van der Waals surface area contributed by atoms with Gasteiger partial charge in [0.15, 0.2) is 6.04 Å². The van der Waals surface area contributed by atoms with E-state index in [1.807, 2.05) is 26.0 Å². The minimum atomic E-state index is -0.921. The van der Waals surface area contributed by atoms with Crippen molar-refractivity contribution in [2.45, 2.75) is 31.6 Å². The first kappa shape index (κ1) is 14.6. The van der Waals surface area contributed by atoms with Crippen LogP contribution in [-0.4, -0.2) is 32.8 Å². The molecule has 0 saturated heterocycles. The number of aliphatic imine (C=N–C) groups is 1. The number of thioether (sulfide) groups is 1. The molecule has 1 heterocycles. The summed E-state index contributed by atoms with van der Waals surface area (Å²) < 4.78 is -0.481. The fourth-order valence-electron chi connectivity index (χ4n) is 2.02. The number of nitrogens with zero attached hydrogens (tertiary/aromatic N) is 1. The van der Waals surface area contributed by atoms with E-state index in [1.54, 1.807) is 12.1 Å². The molecule has 1 amide bonds. The van der Waals surface area contributed by atoms with Gasteiger partial charge in [-0.05, 0) is 26.0 Å². The molecule has 5 nitrogen and oxygen atoms in total. The van der Waals surface area contributed by atoms with Gasteiger partial charge in [-0.15, -0.1) is 0 Å². The minimum Gasteiger partial charge on any atom is -0.480 e. The maximum absolute atomic E-state index is 11.2. The number of benzene rings is 1. The van der Waals surface area contributed by atoms with Crippen LogP contribution in [0.15, 0.2) is 29.3 Å². The van der Waals surface area contributed by atoms with E-state index < -0.39 is 16.8 Å². The highest BCUT2D eigenvalue weighted by atomic mass is 32.2. The van der Waals surface area contributed by atoms with Crippen LogP contribution in [0, 0.1) is 0 Å². The van der Waals surface area contributed by atoms with Gasteiger partial charge in [-0.3, -0.25) is 9.79 Å². The van der Waals surface area contributed by atoms with Crippen molar-refractivity contribution in [1.82, 2.24) is 0 Å². The van der Waals surface area contributed by atoms with Crippen molar-refractivity contribution >= 4 is 34.4 Å². The molecule has 20 heavy (non-hydrogen) atoms. The zero-order valence-electron chi connectivity index (χ0n) is 11.5. The Kier molecular flexibility index (Phi) is 3.85. The summed E-state index contributed by atoms with van der Waals surface area (Å²) in [4.78, 5) is 26.6. The van der Waals surface area contributed by atoms with E-state index >= 15 is 0 Å². The summed E-state index contributed by atoms with van der Waals surface area (Å²) in [5, 5.41) is 12.6. The zero-order valence-corrected chi connectivity index (χ0v) is 12.3. The van der Waals surface area contributed by atoms with Crippen LogP contribution in [0.3, 0.4) is 0 Å². The highest BCUT2D eigenvalue weighted by Gasteiger charge is 2.42. The largest absolute Gasteiger partial charge is 0.480 e. The molecule has 0 bridgehead atoms. The number of hydrogen-bond acceptors (Lipinski definition) is 4. The molecule has 1 aromatic rings. The van der Waals surface area contributed by atoms with E-state index in [0.29, 0.717) is 10.7 Å². The summed E-state index contributed by atoms with van der Waals surface area (Å²) in [7, 11) is 0. The number of nitrogens with one attached hydrogen (secondary N) is 1. The van der Waals surface area contributed by atoms with Crippen molar-refractivity contribution in [1.29, 1.82) is 0 Å². The standard InChI is InChI=1S/C14H16N2O3S/c1-8(17)15-10-6-4-5-9(7-10)12-16-11(13(18)19)14(2,3)20-12/h4-7,11H,1-3H3,(H,15,17)(H,18,19). The van der Waals surface area contributed by atoms with E-state index in [1.165, 1.54) is 18.7 Å². The number of hydrogen-bond donors (Lipinski definition) is 2. The third kappa shape index (κ3) is 3.01. The van der Waals surface area contributed by atoms with Crippen LogP contribution in [0.25, 0.3) is 0 Å². The molecule has 1 unspecified atom stereocenters. The highest BCUT2D eigenvalue weighted by Crippen LogP contribution is 2.40. The van der Waals surface area contributed by atoms with Gasteiger partial charge in [0.25, 0.3) is 0 Å². The van der Waals surface area contributed by atoms with Crippen molar-refractivity contribution in [3.8, 4) is 0 Å². The molecular formula is C14H16N2O3S. The topological polar surface area (TPSA) is 78.8 Å². The van der Waals surface area contributed by atoms with Gasteiger partial charge in [-0.2, -0.15) is 0 Å². The van der Waals surface area contributed by atoms with E-state index in [4.69, 9.17) is 0 Å². The lowest BCUT2D eigenvalue weighted by Crippen LogP contribution is -2.34. The van der Waals surface area contributed by atoms with Gasteiger partial charge >= 0.3 is 5.97 Å². The molecule has 1 atom stereocenters. The van der Waals surface area contributed by atoms with E-state index in [9.17, 15) is 14.7 Å². The molecule has 0 aliphatic carbocycles. The fourth-order valence-corrected chi connectivity index (χ4v) is 3.19. The molecule has 0 aromatic heterocycles. The van der Waals surface area contributed by atoms with Gasteiger partial charge in [0.1, 0.15) is 0 Å². The molecule has 106 valence electrons. The first-order chi connectivity index (χ1) is 9.29. The van der Waals surface area contributed by atoms with Gasteiger partial charge in [0.2, 0.25) is 5.91 Å². The number of rotatable bonds is 3. The van der Waals surface area contributed by atoms with Crippen molar-refractivity contribution in [3.63, 3.8) is 0 Å². The summed E-state index contributed by atoms with van der Waals surface area (Å²) in [5.74, 6) is -1.07. The fraction of sp³-hybridized carbons (Fsp3) is 0.357. The number of anilines is 1. The number of aliphatic carboxylic acids is 1. The first-order valence-corrected chi connectivity index (χ1v) is 6.99. The predicted molar refractivity (Wildman–Crippen MR) is 80.4 cm³/mol. The maximum Gasteiger partial charge on any atom is 0.329 e. The SMILES string of the molecule is CC(=O)Nc1cccc(C2=NC(C(=O)O)C(C)(C)S2)c1. The van der Waals surface area contributed by atoms with E-state index in [2.05, 4.69) is 10.3 Å². The molecule has 2 N–H and O–H groups in total. The Hall–Kier alpha value is -1.82. The van der Waals surface area contributed by atoms with Crippen molar-refractivity contribution in [2.75, 3.05) is 5.32 Å². The van der Waals surface area contributed by atoms with Crippen molar-refractivity contribution < 1.29 is 14.7 Å². The molecule has 6 heteroatoms. The number of amides is 1. The van der Waals surface area contributed by atoms with E-state index in [-0.39, 0.29) is 5.91 Å². The van der Waals surface area contributed by atoms with Gasteiger partial charge in [-0.1, -0.05) is 23.9 Å². The Balaban J connectivity index is 2.31. The molecular weight excluding hydrogens is 276 g/mol. The second-order valence-electron chi connectivity index (χ2n) is 5.14. The third-order valence-corrected chi connectivity index (χ3v) is 4.21. The van der Waals surface area contributed by atoms with E-state index in [0.717, 1.165) is 5.56 Å². The average molecular weight is 292 g/mol. The molecule has 0 radical (unpaired) electrons. The van der Waals surface area contributed by atoms with Crippen LogP contribution >= 0.6 is 11.8 Å². The molecule has 2 rings (SSSR count). The van der Waals surface area contributed by atoms with Gasteiger partial charge in [-0.25, -0.2) is 4.79 Å². The van der Waals surface area contributed by atoms with Crippen LogP contribution in [0.5, 0.6) is 0 Å². The molecule has 0 saturated carbocycles. The number of carboxylic acids is 1. The van der Waals surface area contributed by atoms with Gasteiger partial charge < -0.3 is 10.4 Å². The minimum absolute atomic E-state index is 0.146. The number of carbonyl (C=O) groups is 2. The maximum atomic E-state index is 11.2. The lowest BCUT2D eigenvalue weighted by molar-refractivity contribution is -0.138. The van der Waals surface area contributed by atoms with Crippen LogP contribution in [0.4, 0.5) is 5.69 Å². The molecule has 0 spiro atoms. The molecule has 1 aliphatic heterocycles. The van der Waals surface area contributed by atoms with Gasteiger partial charge in [0, 0.05) is 22.9 Å². The third-order valence-electron chi connectivity index (χ3n) is 2.93. The van der Waals surface area contributed by atoms with Crippen LogP contribution < -0.4 is 5.32 Å². The quantitative estimate of drug-likeness (QED) is 0.896. The summed E-state index contributed by atoms with van der Waals surface area (Å²) in [6, 6.07) is 6.49. The Morgan fingerprint density at radius 3 is 2.65 bits per heavy atom. The smallest absolute Gasteiger partial charge is 0.329 e. The Morgan fingerprint density at radius 2 is 2.10 bits per heavy atom. The van der Waals surface area contributed by atoms with Crippen LogP contribution in [0.2, 0.25) is 0 Å². The summed E-state index contributed by atoms with van der Waals surface area (Å²) in [6.45, 7) is 5.17. The van der Waals surface area contributed by atoms with Gasteiger partial charge in [0.05, 0.1) is 5.04 Å². The van der Waals surface area contributed by atoms with Crippen molar-refractivity contribution in [2.24, 2.45) is 4.99 Å². The number of carbonyl (C=O) groups excluding carboxylic acids is 1. The summed E-state index contributed by atoms with van der Waals surface area (Å²) in [5.41, 5.74) is 1.49. The second-order valence-corrected chi connectivity index (χ2v) is 6.79. The first-order valence-electron chi connectivity index (χ1n) is 6.17. The predicted octanol–water partition coefficient (Wildman–Crippen LogP) is 2.37. The molecule has 1 aliphatic rings. The summed E-state index contributed by atoms with van der Waals surface area (Å²) >= 11 is 1.44. The summed E-state index contributed by atoms with van der Waals surface area (Å²) in [6.07, 6.45) is 0. The monoisotopic (exact) mass is 292 g/mol. The Bertz CT molecular complexity index is 596. The zero-order chi connectivity index (χ0) is 14.9. The Morgan fingerprint density at radius 1 is 1.40 bits per heavy atom. The average Bonchev–Trinajstić information content (AvgIpc) is 2.64. The molecule has 1 aromatic carbocycles. The van der Waals surface area contributed by atoms with Crippen molar-refractivity contribution in [3.05, 3.63) is 29.8 Å². The highest BCUT2D eigenvalue weighted by molar-refractivity contribution is 8.15. The number of carboxylic acid groups (broad SMARTS) is 1.